The monoisotopic (exact) mass is 384 g/mol. The lowest BCUT2D eigenvalue weighted by molar-refractivity contribution is 0.726. The van der Waals surface area contributed by atoms with Gasteiger partial charge >= 0.3 is 0 Å². The van der Waals surface area contributed by atoms with Gasteiger partial charge in [0, 0.05) is 11.4 Å². The topological polar surface area (TPSA) is 34.9 Å². The number of fused-ring (bicyclic) bond motifs is 2. The lowest BCUT2D eigenvalue weighted by Crippen LogP contribution is -2.20. The van der Waals surface area contributed by atoms with E-state index in [0.717, 1.165) is 39.2 Å². The average Bonchev–Trinajstić information content (AvgIpc) is 3.24. The third-order valence-electron chi connectivity index (χ3n) is 5.54. The lowest BCUT2D eigenvalue weighted by atomic mass is 10.0. The molecule has 2 aromatic carbocycles. The van der Waals surface area contributed by atoms with Gasteiger partial charge in [-0.25, -0.2) is 4.98 Å². The molecule has 0 atom stereocenters. The smallest absolute Gasteiger partial charge is 0.262 e. The number of thiophene rings is 1. The Hall–Kier alpha value is -2.98. The molecule has 4 heteroatoms. The van der Waals surface area contributed by atoms with Crippen molar-refractivity contribution in [3.8, 4) is 11.1 Å². The predicted octanol–water partition coefficient (Wildman–Crippen LogP) is 5.69. The van der Waals surface area contributed by atoms with E-state index >= 15 is 0 Å². The number of hydrogen-bond acceptors (Lipinski definition) is 3. The lowest BCUT2D eigenvalue weighted by Gasteiger charge is -2.04. The van der Waals surface area contributed by atoms with Gasteiger partial charge in [0.15, 0.2) is 0 Å². The Balaban J connectivity index is 1.55. The van der Waals surface area contributed by atoms with Crippen molar-refractivity contribution >= 4 is 33.2 Å². The Morgan fingerprint density at radius 3 is 2.46 bits per heavy atom. The number of rotatable bonds is 2. The number of hydrogen-bond donors (Lipinski definition) is 0. The highest BCUT2D eigenvalue weighted by molar-refractivity contribution is 7.18. The molecular weight excluding hydrogens is 364 g/mol. The van der Waals surface area contributed by atoms with Crippen LogP contribution in [-0.2, 0) is 6.54 Å². The molecule has 0 saturated carbocycles. The zero-order valence-electron chi connectivity index (χ0n) is 15.9. The van der Waals surface area contributed by atoms with Gasteiger partial charge in [0.25, 0.3) is 5.56 Å². The fourth-order valence-electron chi connectivity index (χ4n) is 3.86. The second kappa shape index (κ2) is 6.57. The Bertz CT molecular complexity index is 1280. The molecule has 0 saturated heterocycles. The van der Waals surface area contributed by atoms with E-state index in [9.17, 15) is 4.79 Å². The van der Waals surface area contributed by atoms with Crippen molar-refractivity contribution < 1.29 is 0 Å². The van der Waals surface area contributed by atoms with Crippen LogP contribution in [0.15, 0.2) is 59.4 Å². The summed E-state index contributed by atoms with van der Waals surface area (Å²) in [6.45, 7) is 4.78. The third-order valence-corrected chi connectivity index (χ3v) is 6.64. The van der Waals surface area contributed by atoms with E-state index in [1.165, 1.54) is 16.0 Å². The first-order valence-corrected chi connectivity index (χ1v) is 10.3. The van der Waals surface area contributed by atoms with Gasteiger partial charge in [0.05, 0.1) is 5.39 Å². The SMILES string of the molecule is Cc1sc2nc3n(c(=O)c2c1C)CC/C3=C\c1ccc(-c2ccccc2)cc1. The highest BCUT2D eigenvalue weighted by atomic mass is 32.1. The zero-order chi connectivity index (χ0) is 19.3. The van der Waals surface area contributed by atoms with Crippen LogP contribution in [-0.4, -0.2) is 9.55 Å². The Morgan fingerprint density at radius 1 is 1.00 bits per heavy atom. The molecule has 0 bridgehead atoms. The first-order chi connectivity index (χ1) is 13.6. The predicted molar refractivity (Wildman–Crippen MR) is 118 cm³/mol. The van der Waals surface area contributed by atoms with Crippen molar-refractivity contribution in [2.75, 3.05) is 0 Å². The fourth-order valence-corrected chi connectivity index (χ4v) is 4.88. The summed E-state index contributed by atoms with van der Waals surface area (Å²) < 4.78 is 1.84. The van der Waals surface area contributed by atoms with E-state index in [1.54, 1.807) is 11.3 Å². The van der Waals surface area contributed by atoms with Crippen molar-refractivity contribution in [1.29, 1.82) is 0 Å². The van der Waals surface area contributed by atoms with Gasteiger partial charge in [-0.3, -0.25) is 9.36 Å². The van der Waals surface area contributed by atoms with Crippen LogP contribution in [0, 0.1) is 13.8 Å². The maximum atomic E-state index is 13.0. The van der Waals surface area contributed by atoms with Crippen LogP contribution in [0.5, 0.6) is 0 Å². The van der Waals surface area contributed by atoms with Crippen LogP contribution < -0.4 is 5.56 Å². The molecule has 3 heterocycles. The van der Waals surface area contributed by atoms with Crippen molar-refractivity contribution in [2.24, 2.45) is 0 Å². The van der Waals surface area contributed by atoms with E-state index in [0.29, 0.717) is 6.54 Å². The first-order valence-electron chi connectivity index (χ1n) is 9.49. The average molecular weight is 385 g/mol. The summed E-state index contributed by atoms with van der Waals surface area (Å²) in [5.41, 5.74) is 5.86. The van der Waals surface area contributed by atoms with Crippen LogP contribution >= 0.6 is 11.3 Å². The molecule has 0 amide bonds. The zero-order valence-corrected chi connectivity index (χ0v) is 16.7. The molecule has 2 aromatic heterocycles. The molecule has 0 radical (unpaired) electrons. The summed E-state index contributed by atoms with van der Waals surface area (Å²) in [5.74, 6) is 0.825. The molecule has 138 valence electrons. The number of aromatic nitrogens is 2. The molecule has 0 N–H and O–H groups in total. The minimum Gasteiger partial charge on any atom is -0.292 e. The minimum absolute atomic E-state index is 0.102. The van der Waals surface area contributed by atoms with Gasteiger partial charge in [-0.1, -0.05) is 54.6 Å². The quantitative estimate of drug-likeness (QED) is 0.445. The van der Waals surface area contributed by atoms with Crippen LogP contribution in [0.2, 0.25) is 0 Å². The summed E-state index contributed by atoms with van der Waals surface area (Å²) in [7, 11) is 0. The maximum Gasteiger partial charge on any atom is 0.262 e. The van der Waals surface area contributed by atoms with E-state index < -0.39 is 0 Å². The van der Waals surface area contributed by atoms with Crippen LogP contribution in [0.3, 0.4) is 0 Å². The minimum atomic E-state index is 0.102. The van der Waals surface area contributed by atoms with Crippen LogP contribution in [0.1, 0.15) is 28.2 Å². The van der Waals surface area contributed by atoms with Gasteiger partial charge in [-0.15, -0.1) is 11.3 Å². The summed E-state index contributed by atoms with van der Waals surface area (Å²) in [4.78, 5) is 19.8. The summed E-state index contributed by atoms with van der Waals surface area (Å²) in [6, 6.07) is 18.9. The number of nitrogens with zero attached hydrogens (tertiary/aromatic N) is 2. The molecule has 5 rings (SSSR count). The molecule has 0 spiro atoms. The standard InChI is InChI=1S/C24H20N2OS/c1-15-16(2)28-23-21(15)24(27)26-13-12-20(22(26)25-23)14-17-8-10-19(11-9-17)18-6-4-3-5-7-18/h3-11,14H,12-13H2,1-2H3/b20-14+. The number of benzene rings is 2. The normalized spacial score (nSPS) is 14.7. The van der Waals surface area contributed by atoms with E-state index in [-0.39, 0.29) is 5.56 Å². The molecule has 0 fully saturated rings. The molecule has 1 aliphatic rings. The number of allylic oxidation sites excluding steroid dienone is 1. The molecule has 4 aromatic rings. The first kappa shape index (κ1) is 17.1. The van der Waals surface area contributed by atoms with Crippen LogP contribution in [0.4, 0.5) is 0 Å². The van der Waals surface area contributed by atoms with Gasteiger partial charge in [-0.2, -0.15) is 0 Å². The molecule has 0 unspecified atom stereocenters. The van der Waals surface area contributed by atoms with E-state index in [2.05, 4.69) is 61.5 Å². The molecule has 28 heavy (non-hydrogen) atoms. The molecule has 0 aliphatic carbocycles. The van der Waals surface area contributed by atoms with E-state index in [1.807, 2.05) is 17.6 Å². The molecule has 3 nitrogen and oxygen atoms in total. The second-order valence-electron chi connectivity index (χ2n) is 7.26. The maximum absolute atomic E-state index is 13.0. The van der Waals surface area contributed by atoms with Crippen molar-refractivity contribution in [3.05, 3.63) is 86.8 Å². The number of aryl methyl sites for hydroxylation is 2. The second-order valence-corrected chi connectivity index (χ2v) is 8.47. The van der Waals surface area contributed by atoms with Crippen molar-refractivity contribution in [3.63, 3.8) is 0 Å². The molecule has 1 aliphatic heterocycles. The molecular formula is C24H20N2OS. The van der Waals surface area contributed by atoms with Gasteiger partial charge < -0.3 is 0 Å². The summed E-state index contributed by atoms with van der Waals surface area (Å²) in [5, 5.41) is 0.791. The van der Waals surface area contributed by atoms with E-state index in [4.69, 9.17) is 4.98 Å². The highest BCUT2D eigenvalue weighted by Gasteiger charge is 2.23. The highest BCUT2D eigenvalue weighted by Crippen LogP contribution is 2.32. The Labute approximate surface area is 167 Å². The third kappa shape index (κ3) is 2.72. The van der Waals surface area contributed by atoms with Crippen LogP contribution in [0.25, 0.3) is 33.0 Å². The van der Waals surface area contributed by atoms with Gasteiger partial charge in [0.1, 0.15) is 10.7 Å². The Kier molecular flexibility index (Phi) is 4.02. The van der Waals surface area contributed by atoms with Crippen molar-refractivity contribution in [2.45, 2.75) is 26.8 Å². The summed E-state index contributed by atoms with van der Waals surface area (Å²) in [6.07, 6.45) is 3.01. The van der Waals surface area contributed by atoms with Crippen molar-refractivity contribution in [1.82, 2.24) is 9.55 Å². The fraction of sp³-hybridized carbons (Fsp3) is 0.167. The Morgan fingerprint density at radius 2 is 1.71 bits per heavy atom. The largest absolute Gasteiger partial charge is 0.292 e. The summed E-state index contributed by atoms with van der Waals surface area (Å²) >= 11 is 1.62. The van der Waals surface area contributed by atoms with Gasteiger partial charge in [-0.05, 0) is 54.2 Å². The van der Waals surface area contributed by atoms with Gasteiger partial charge in [0.2, 0.25) is 0 Å².